The zero-order valence-electron chi connectivity index (χ0n) is 25.6. The molecule has 4 aromatic rings. The van der Waals surface area contributed by atoms with E-state index in [0.29, 0.717) is 19.6 Å². The van der Waals surface area contributed by atoms with E-state index in [-0.39, 0.29) is 40.3 Å². The SMILES string of the molecule is C[C@H]1CN([C@@H](C)CO)C(=O)c2cccc(NS(=O)(=O)c3ccc(F)cc3)c2O[C@H]1CN(C)Cc1ccc(-c2ccccc2)cc1. The lowest BCUT2D eigenvalue weighted by Gasteiger charge is -2.38. The van der Waals surface area contributed by atoms with E-state index in [1.165, 1.54) is 18.2 Å². The highest BCUT2D eigenvalue weighted by Gasteiger charge is 2.35. The number of sulfonamides is 1. The molecule has 0 radical (unpaired) electrons. The lowest BCUT2D eigenvalue weighted by Crippen LogP contribution is -2.49. The van der Waals surface area contributed by atoms with Crippen LogP contribution in [0.15, 0.2) is 102 Å². The van der Waals surface area contributed by atoms with Crippen LogP contribution in [-0.4, -0.2) is 68.1 Å². The number of carbonyl (C=O) groups is 1. The van der Waals surface area contributed by atoms with Gasteiger partial charge in [0.1, 0.15) is 11.9 Å². The molecule has 0 spiro atoms. The maximum atomic E-state index is 13.8. The molecule has 45 heavy (non-hydrogen) atoms. The standard InChI is InChI=1S/C35H38FN3O5S/c1-24-20-39(25(2)23-40)35(41)31-10-7-11-32(37-45(42,43)30-18-16-29(36)17-19-30)34(31)44-33(24)22-38(3)21-26-12-14-28(15-13-26)27-8-5-4-6-9-27/h4-19,24-25,33,37,40H,20-23H2,1-3H3/t24-,25-,33-/m0/s1. The lowest BCUT2D eigenvalue weighted by molar-refractivity contribution is 0.0344. The molecule has 10 heteroatoms. The van der Waals surface area contributed by atoms with Crippen LogP contribution in [0.3, 0.4) is 0 Å². The van der Waals surface area contributed by atoms with E-state index in [1.54, 1.807) is 24.0 Å². The third-order valence-electron chi connectivity index (χ3n) is 8.06. The number of nitrogens with one attached hydrogen (secondary N) is 1. The summed E-state index contributed by atoms with van der Waals surface area (Å²) in [5.74, 6) is -0.980. The molecule has 8 nitrogen and oxygen atoms in total. The number of rotatable bonds is 10. The van der Waals surface area contributed by atoms with Crippen molar-refractivity contribution < 1.29 is 27.4 Å². The number of para-hydroxylation sites is 1. The maximum Gasteiger partial charge on any atom is 0.262 e. The zero-order valence-corrected chi connectivity index (χ0v) is 26.4. The Morgan fingerprint density at radius 2 is 1.64 bits per heavy atom. The summed E-state index contributed by atoms with van der Waals surface area (Å²) in [6, 6.07) is 27.3. The van der Waals surface area contributed by atoms with E-state index >= 15 is 0 Å². The number of aliphatic hydroxyl groups excluding tert-OH is 1. The van der Waals surface area contributed by atoms with Crippen molar-refractivity contribution in [1.82, 2.24) is 9.80 Å². The second-order valence-electron chi connectivity index (χ2n) is 11.6. The number of anilines is 1. The molecule has 0 bridgehead atoms. The molecule has 0 saturated heterocycles. The van der Waals surface area contributed by atoms with Gasteiger partial charge in [0.2, 0.25) is 0 Å². The summed E-state index contributed by atoms with van der Waals surface area (Å²) < 4.78 is 49.1. The minimum absolute atomic E-state index is 0.0973. The fourth-order valence-corrected chi connectivity index (χ4v) is 6.54. The van der Waals surface area contributed by atoms with Crippen LogP contribution in [0.1, 0.15) is 29.8 Å². The van der Waals surface area contributed by atoms with E-state index in [4.69, 9.17) is 4.74 Å². The molecule has 1 aliphatic rings. The number of hydrogen-bond acceptors (Lipinski definition) is 6. The molecule has 2 N–H and O–H groups in total. The van der Waals surface area contributed by atoms with Crippen molar-refractivity contribution in [3.63, 3.8) is 0 Å². The Labute approximate surface area is 264 Å². The second kappa shape index (κ2) is 13.8. The van der Waals surface area contributed by atoms with Gasteiger partial charge in [-0.15, -0.1) is 0 Å². The van der Waals surface area contributed by atoms with Gasteiger partial charge in [0.25, 0.3) is 15.9 Å². The highest BCUT2D eigenvalue weighted by molar-refractivity contribution is 7.92. The van der Waals surface area contributed by atoms with E-state index in [9.17, 15) is 22.7 Å². The molecule has 0 aromatic heterocycles. The van der Waals surface area contributed by atoms with E-state index in [1.807, 2.05) is 32.2 Å². The van der Waals surface area contributed by atoms with Crippen molar-refractivity contribution in [2.24, 2.45) is 5.92 Å². The third-order valence-corrected chi connectivity index (χ3v) is 9.45. The number of aliphatic hydroxyl groups is 1. The van der Waals surface area contributed by atoms with Crippen LogP contribution in [0.25, 0.3) is 11.1 Å². The minimum Gasteiger partial charge on any atom is -0.486 e. The quantitative estimate of drug-likeness (QED) is 0.235. The number of likely N-dealkylation sites (N-methyl/N-ethyl adjacent to an activating group) is 1. The Kier molecular flexibility index (Phi) is 9.86. The summed E-state index contributed by atoms with van der Waals surface area (Å²) >= 11 is 0. The van der Waals surface area contributed by atoms with Crippen LogP contribution in [0.2, 0.25) is 0 Å². The Morgan fingerprint density at radius 3 is 2.31 bits per heavy atom. The highest BCUT2D eigenvalue weighted by atomic mass is 32.2. The molecule has 0 unspecified atom stereocenters. The molecular weight excluding hydrogens is 593 g/mol. The van der Waals surface area contributed by atoms with Gasteiger partial charge in [0.05, 0.1) is 28.8 Å². The molecule has 1 heterocycles. The smallest absolute Gasteiger partial charge is 0.262 e. The number of hydrogen-bond donors (Lipinski definition) is 2. The van der Waals surface area contributed by atoms with Gasteiger partial charge in [-0.25, -0.2) is 12.8 Å². The number of fused-ring (bicyclic) bond motifs is 1. The molecule has 1 aliphatic heterocycles. The van der Waals surface area contributed by atoms with Gasteiger partial charge in [0, 0.05) is 25.6 Å². The molecule has 1 amide bonds. The first-order chi connectivity index (χ1) is 21.6. The van der Waals surface area contributed by atoms with E-state index in [2.05, 4.69) is 46.0 Å². The Bertz CT molecular complexity index is 1720. The topological polar surface area (TPSA) is 99.2 Å². The van der Waals surface area contributed by atoms with Crippen molar-refractivity contribution in [3.05, 3.63) is 114 Å². The minimum atomic E-state index is -4.13. The Hall–Kier alpha value is -4.25. The van der Waals surface area contributed by atoms with Gasteiger partial charge in [-0.1, -0.05) is 67.6 Å². The summed E-state index contributed by atoms with van der Waals surface area (Å²) in [7, 11) is -2.14. The summed E-state index contributed by atoms with van der Waals surface area (Å²) in [5, 5.41) is 9.97. The van der Waals surface area contributed by atoms with Gasteiger partial charge >= 0.3 is 0 Å². The van der Waals surface area contributed by atoms with Crippen LogP contribution in [-0.2, 0) is 16.6 Å². The molecular formula is C35H38FN3O5S. The Morgan fingerprint density at radius 1 is 0.978 bits per heavy atom. The molecule has 0 fully saturated rings. The van der Waals surface area contributed by atoms with Gasteiger partial charge in [-0.3, -0.25) is 14.4 Å². The monoisotopic (exact) mass is 631 g/mol. The van der Waals surface area contributed by atoms with Crippen molar-refractivity contribution in [2.45, 2.75) is 37.4 Å². The van der Waals surface area contributed by atoms with Crippen LogP contribution < -0.4 is 9.46 Å². The second-order valence-corrected chi connectivity index (χ2v) is 13.3. The predicted octanol–water partition coefficient (Wildman–Crippen LogP) is 5.65. The first kappa shape index (κ1) is 32.2. The first-order valence-electron chi connectivity index (χ1n) is 14.9. The summed E-state index contributed by atoms with van der Waals surface area (Å²) in [4.78, 5) is 17.4. The maximum absolute atomic E-state index is 13.8. The number of carbonyl (C=O) groups excluding carboxylic acids is 1. The predicted molar refractivity (Wildman–Crippen MR) is 173 cm³/mol. The van der Waals surface area contributed by atoms with Crippen LogP contribution in [0.5, 0.6) is 5.75 Å². The molecule has 5 rings (SSSR count). The molecule has 236 valence electrons. The van der Waals surface area contributed by atoms with Crippen molar-refractivity contribution in [1.29, 1.82) is 0 Å². The summed E-state index contributed by atoms with van der Waals surface area (Å²) in [6.07, 6.45) is -0.435. The first-order valence-corrected chi connectivity index (χ1v) is 16.4. The summed E-state index contributed by atoms with van der Waals surface area (Å²) in [5.41, 5.74) is 3.68. The number of nitrogens with zero attached hydrogens (tertiary/aromatic N) is 2. The summed E-state index contributed by atoms with van der Waals surface area (Å²) in [6.45, 7) is 4.99. The highest BCUT2D eigenvalue weighted by Crippen LogP contribution is 2.36. The van der Waals surface area contributed by atoms with Gasteiger partial charge in [0.15, 0.2) is 5.75 Å². The largest absolute Gasteiger partial charge is 0.486 e. The van der Waals surface area contributed by atoms with Crippen LogP contribution in [0, 0.1) is 11.7 Å². The van der Waals surface area contributed by atoms with E-state index < -0.39 is 28.0 Å². The fourth-order valence-electron chi connectivity index (χ4n) is 5.48. The number of benzene rings is 4. The van der Waals surface area contributed by atoms with Gasteiger partial charge in [-0.05, 0) is 67.1 Å². The number of halogens is 1. The van der Waals surface area contributed by atoms with E-state index in [0.717, 1.165) is 28.8 Å². The average Bonchev–Trinajstić information content (AvgIpc) is 3.03. The Balaban J connectivity index is 1.42. The number of ether oxygens (including phenoxy) is 1. The molecule has 3 atom stereocenters. The normalized spacial score (nSPS) is 17.6. The number of amides is 1. The van der Waals surface area contributed by atoms with Crippen molar-refractivity contribution in [3.8, 4) is 16.9 Å². The molecule has 0 aliphatic carbocycles. The van der Waals surface area contributed by atoms with Crippen LogP contribution >= 0.6 is 0 Å². The molecule has 4 aromatic carbocycles. The van der Waals surface area contributed by atoms with Crippen molar-refractivity contribution in [2.75, 3.05) is 31.5 Å². The van der Waals surface area contributed by atoms with Gasteiger partial charge in [-0.2, -0.15) is 0 Å². The van der Waals surface area contributed by atoms with Crippen molar-refractivity contribution >= 4 is 21.6 Å². The fraction of sp³-hybridized carbons (Fsp3) is 0.286. The third kappa shape index (κ3) is 7.53. The van der Waals surface area contributed by atoms with Gasteiger partial charge < -0.3 is 14.7 Å². The molecule has 0 saturated carbocycles. The average molecular weight is 632 g/mol. The zero-order chi connectivity index (χ0) is 32.1. The van der Waals surface area contributed by atoms with Crippen LogP contribution in [0.4, 0.5) is 10.1 Å². The lowest BCUT2D eigenvalue weighted by atomic mass is 9.98.